The summed E-state index contributed by atoms with van der Waals surface area (Å²) >= 11 is 12.5. The first-order chi connectivity index (χ1) is 17.4. The summed E-state index contributed by atoms with van der Waals surface area (Å²) in [5.74, 6) is 0.443. The second kappa shape index (κ2) is 10.3. The Morgan fingerprint density at radius 2 is 2.03 bits per heavy atom. The van der Waals surface area contributed by atoms with E-state index in [1.165, 1.54) is 12.1 Å². The van der Waals surface area contributed by atoms with Gasteiger partial charge in [0.05, 0.1) is 28.7 Å². The second-order valence-electron chi connectivity index (χ2n) is 9.02. The van der Waals surface area contributed by atoms with Gasteiger partial charge in [0, 0.05) is 30.1 Å². The molecule has 4 rings (SSSR count). The molecule has 8 nitrogen and oxygen atoms in total. The lowest BCUT2D eigenvalue weighted by atomic mass is 10.0. The largest absolute Gasteiger partial charge is 0.416 e. The van der Waals surface area contributed by atoms with Gasteiger partial charge in [-0.3, -0.25) is 9.89 Å². The van der Waals surface area contributed by atoms with Crippen LogP contribution in [0.15, 0.2) is 31.0 Å². The van der Waals surface area contributed by atoms with Crippen LogP contribution in [0, 0.1) is 0 Å². The first-order valence-electron chi connectivity index (χ1n) is 11.5. The molecule has 2 aromatic heterocycles. The van der Waals surface area contributed by atoms with Crippen LogP contribution in [0.1, 0.15) is 48.7 Å². The number of allylic oxidation sites excluding steroid dienone is 2. The molecule has 1 saturated heterocycles. The molecular formula is C24H26Cl2F3N7O. The summed E-state index contributed by atoms with van der Waals surface area (Å²) in [4.78, 5) is 19.5. The molecule has 0 bridgehead atoms. The standard InChI is InChI=1S/C24H26Cl2F3N7O/c1-5-6-35-10-14(11-35)31-23(37)20-21(26)32-19(36(20)12(2)3)9-30-22-16-7-15(13(4)24(27,28)29)17(25)8-18(16)33-34-22/h5-8,12,14H,4,9-11H2,1-3H3,(H,31,37)(H2,30,33,34). The molecule has 3 N–H and O–H groups in total. The number of carbonyl (C=O) groups is 1. The van der Waals surface area contributed by atoms with E-state index in [9.17, 15) is 18.0 Å². The van der Waals surface area contributed by atoms with Crippen molar-refractivity contribution in [3.63, 3.8) is 0 Å². The Balaban J connectivity index is 1.56. The SMILES string of the molecule is C=C(c1cc2c(NCc3nc(Cl)c(C(=O)NC4CN(C=CC)C4)n3C(C)C)n[nH]c2cc1Cl)C(F)(F)F. The Bertz CT molecular complexity index is 1370. The van der Waals surface area contributed by atoms with E-state index in [1.54, 1.807) is 4.57 Å². The molecule has 1 amide bonds. The predicted molar refractivity (Wildman–Crippen MR) is 139 cm³/mol. The van der Waals surface area contributed by atoms with Crippen LogP contribution in [0.25, 0.3) is 16.5 Å². The van der Waals surface area contributed by atoms with Crippen molar-refractivity contribution in [1.82, 2.24) is 30.0 Å². The van der Waals surface area contributed by atoms with Gasteiger partial charge in [0.15, 0.2) is 11.0 Å². The summed E-state index contributed by atoms with van der Waals surface area (Å²) in [5.41, 5.74) is -0.588. The molecule has 0 radical (unpaired) electrons. The monoisotopic (exact) mass is 555 g/mol. The Hall–Kier alpha value is -3.18. The lowest BCUT2D eigenvalue weighted by Crippen LogP contribution is -2.57. The molecule has 1 fully saturated rings. The van der Waals surface area contributed by atoms with Crippen LogP contribution in [-0.2, 0) is 6.54 Å². The van der Waals surface area contributed by atoms with Crippen molar-refractivity contribution in [2.24, 2.45) is 0 Å². The van der Waals surface area contributed by atoms with E-state index in [0.717, 1.165) is 0 Å². The van der Waals surface area contributed by atoms with E-state index < -0.39 is 11.7 Å². The van der Waals surface area contributed by atoms with Crippen LogP contribution in [0.5, 0.6) is 0 Å². The number of hydrogen-bond donors (Lipinski definition) is 3. The molecule has 1 aliphatic rings. The number of halogens is 5. The van der Waals surface area contributed by atoms with Crippen LogP contribution >= 0.6 is 23.2 Å². The number of nitrogens with zero attached hydrogens (tertiary/aromatic N) is 4. The number of benzene rings is 1. The van der Waals surface area contributed by atoms with Crippen LogP contribution in [0.4, 0.5) is 19.0 Å². The molecule has 3 aromatic rings. The van der Waals surface area contributed by atoms with E-state index in [-0.39, 0.29) is 46.0 Å². The minimum absolute atomic E-state index is 0.000237. The average Bonchev–Trinajstić information content (AvgIpc) is 3.34. The fourth-order valence-electron chi connectivity index (χ4n) is 4.24. The lowest BCUT2D eigenvalue weighted by Gasteiger charge is -2.38. The molecule has 13 heteroatoms. The fourth-order valence-corrected chi connectivity index (χ4v) is 4.79. The number of H-pyrrole nitrogens is 1. The third kappa shape index (κ3) is 5.42. The van der Waals surface area contributed by atoms with Gasteiger partial charge in [0.1, 0.15) is 11.5 Å². The van der Waals surface area contributed by atoms with Gasteiger partial charge in [0.2, 0.25) is 0 Å². The number of likely N-dealkylation sites (tertiary alicyclic amines) is 1. The first-order valence-corrected chi connectivity index (χ1v) is 12.3. The van der Waals surface area contributed by atoms with Crippen molar-refractivity contribution < 1.29 is 18.0 Å². The Morgan fingerprint density at radius 3 is 2.65 bits per heavy atom. The highest BCUT2D eigenvalue weighted by Crippen LogP contribution is 2.38. The number of amides is 1. The van der Waals surface area contributed by atoms with Crippen LogP contribution in [0.2, 0.25) is 10.2 Å². The normalized spacial score (nSPS) is 14.6. The number of carbonyl (C=O) groups excluding carboxylic acids is 1. The molecular weight excluding hydrogens is 530 g/mol. The molecule has 37 heavy (non-hydrogen) atoms. The minimum Gasteiger partial charge on any atom is -0.373 e. The average molecular weight is 556 g/mol. The number of fused-ring (bicyclic) bond motifs is 1. The molecule has 1 aromatic carbocycles. The summed E-state index contributed by atoms with van der Waals surface area (Å²) in [6, 6.07) is 2.51. The molecule has 0 aliphatic carbocycles. The number of aromatic amines is 1. The van der Waals surface area contributed by atoms with Gasteiger partial charge in [-0.2, -0.15) is 18.3 Å². The third-order valence-electron chi connectivity index (χ3n) is 6.01. The van der Waals surface area contributed by atoms with Crippen molar-refractivity contribution >= 4 is 51.4 Å². The van der Waals surface area contributed by atoms with E-state index in [2.05, 4.69) is 37.3 Å². The highest BCUT2D eigenvalue weighted by molar-refractivity contribution is 6.33. The van der Waals surface area contributed by atoms with Crippen LogP contribution in [0.3, 0.4) is 0 Å². The van der Waals surface area contributed by atoms with Gasteiger partial charge in [-0.1, -0.05) is 35.9 Å². The van der Waals surface area contributed by atoms with Gasteiger partial charge in [-0.25, -0.2) is 4.98 Å². The smallest absolute Gasteiger partial charge is 0.373 e. The summed E-state index contributed by atoms with van der Waals surface area (Å²) in [7, 11) is 0. The second-order valence-corrected chi connectivity index (χ2v) is 9.78. The van der Waals surface area contributed by atoms with Crippen molar-refractivity contribution in [3.05, 3.63) is 58.2 Å². The number of aromatic nitrogens is 4. The number of hydrogen-bond acceptors (Lipinski definition) is 5. The van der Waals surface area contributed by atoms with Crippen molar-refractivity contribution in [1.29, 1.82) is 0 Å². The van der Waals surface area contributed by atoms with E-state index in [0.29, 0.717) is 35.6 Å². The molecule has 1 aliphatic heterocycles. The zero-order valence-corrected chi connectivity index (χ0v) is 21.9. The van der Waals surface area contributed by atoms with Gasteiger partial charge < -0.3 is 20.1 Å². The van der Waals surface area contributed by atoms with Gasteiger partial charge in [-0.15, -0.1) is 0 Å². The molecule has 0 atom stereocenters. The molecule has 0 saturated carbocycles. The quantitative estimate of drug-likeness (QED) is 0.327. The fraction of sp³-hybridized carbons (Fsp3) is 0.375. The Morgan fingerprint density at radius 1 is 1.32 bits per heavy atom. The van der Waals surface area contributed by atoms with Gasteiger partial charge >= 0.3 is 6.18 Å². The number of nitrogens with one attached hydrogen (secondary N) is 3. The van der Waals surface area contributed by atoms with Gasteiger partial charge in [0.25, 0.3) is 5.91 Å². The number of imidazole rings is 1. The maximum Gasteiger partial charge on any atom is 0.416 e. The summed E-state index contributed by atoms with van der Waals surface area (Å²) in [5, 5.41) is 13.4. The number of anilines is 1. The summed E-state index contributed by atoms with van der Waals surface area (Å²) in [6.45, 7) is 10.4. The number of rotatable bonds is 8. The minimum atomic E-state index is -4.63. The maximum atomic E-state index is 13.2. The van der Waals surface area contributed by atoms with E-state index >= 15 is 0 Å². The predicted octanol–water partition coefficient (Wildman–Crippen LogP) is 5.78. The third-order valence-corrected chi connectivity index (χ3v) is 6.59. The summed E-state index contributed by atoms with van der Waals surface area (Å²) in [6.07, 6.45) is -0.728. The molecule has 3 heterocycles. The highest BCUT2D eigenvalue weighted by atomic mass is 35.5. The van der Waals surface area contributed by atoms with Crippen molar-refractivity contribution in [3.8, 4) is 0 Å². The summed E-state index contributed by atoms with van der Waals surface area (Å²) < 4.78 is 41.4. The molecule has 198 valence electrons. The lowest BCUT2D eigenvalue weighted by molar-refractivity contribution is -0.0686. The van der Waals surface area contributed by atoms with Crippen LogP contribution in [-0.4, -0.2) is 55.9 Å². The molecule has 0 unspecified atom stereocenters. The maximum absolute atomic E-state index is 13.2. The highest BCUT2D eigenvalue weighted by Gasteiger charge is 2.34. The van der Waals surface area contributed by atoms with Crippen molar-refractivity contribution in [2.75, 3.05) is 18.4 Å². The zero-order chi connectivity index (χ0) is 27.1. The molecule has 0 spiro atoms. The van der Waals surface area contributed by atoms with Gasteiger partial charge in [-0.05, 0) is 39.1 Å². The van der Waals surface area contributed by atoms with E-state index in [4.69, 9.17) is 23.2 Å². The first kappa shape index (κ1) is 26.9. The Kier molecular flexibility index (Phi) is 7.48. The zero-order valence-electron chi connectivity index (χ0n) is 20.4. The number of alkyl halides is 3. The van der Waals surface area contributed by atoms with E-state index in [1.807, 2.05) is 33.0 Å². The Labute approximate surface area is 221 Å². The van der Waals surface area contributed by atoms with Crippen LogP contribution < -0.4 is 10.6 Å². The van der Waals surface area contributed by atoms with Crippen molar-refractivity contribution in [2.45, 2.75) is 45.6 Å². The topological polar surface area (TPSA) is 90.9 Å².